The van der Waals surface area contributed by atoms with E-state index < -0.39 is 5.69 Å². The summed E-state index contributed by atoms with van der Waals surface area (Å²) in [5.41, 5.74) is 3.24. The van der Waals surface area contributed by atoms with Crippen LogP contribution < -0.4 is 16.6 Å². The molecule has 0 spiro atoms. The summed E-state index contributed by atoms with van der Waals surface area (Å²) in [6, 6.07) is 17.3. The third-order valence-electron chi connectivity index (χ3n) is 5.99. The van der Waals surface area contributed by atoms with E-state index in [-0.39, 0.29) is 24.1 Å². The van der Waals surface area contributed by atoms with E-state index in [0.29, 0.717) is 15.9 Å². The predicted molar refractivity (Wildman–Crippen MR) is 134 cm³/mol. The normalized spacial score (nSPS) is 12.1. The molecule has 2 aromatic carbocycles. The van der Waals surface area contributed by atoms with Crippen molar-refractivity contribution >= 4 is 27.5 Å². The molecule has 0 bridgehead atoms. The van der Waals surface area contributed by atoms with E-state index in [1.165, 1.54) is 26.0 Å². The number of rotatable bonds is 7. The van der Waals surface area contributed by atoms with Gasteiger partial charge in [-0.05, 0) is 67.8 Å². The number of fused-ring (bicyclic) bond motifs is 1. The Morgan fingerprint density at radius 3 is 2.55 bits per heavy atom. The van der Waals surface area contributed by atoms with Crippen LogP contribution in [-0.2, 0) is 17.8 Å². The third-order valence-corrected chi connectivity index (χ3v) is 6.88. The van der Waals surface area contributed by atoms with Gasteiger partial charge in [-0.25, -0.2) is 9.36 Å². The maximum absolute atomic E-state index is 13.4. The van der Waals surface area contributed by atoms with Gasteiger partial charge in [-0.15, -0.1) is 11.3 Å². The fourth-order valence-corrected chi connectivity index (χ4v) is 4.82. The average Bonchev–Trinajstić information content (AvgIpc) is 3.29. The van der Waals surface area contributed by atoms with Crippen molar-refractivity contribution in [3.05, 3.63) is 97.5 Å². The first-order chi connectivity index (χ1) is 15.9. The van der Waals surface area contributed by atoms with Crippen LogP contribution in [0.5, 0.6) is 0 Å². The standard InChI is InChI=1S/C26H27N3O3S/c1-17-8-7-11-21(19(17)3)29-25(31)24-22(14-15-33-24)28(26(29)32)16-23(30)27-18(2)12-13-20-9-5-4-6-10-20/h4-11,14-15,18H,12-13,16H2,1-3H3,(H,27,30)/t18-/m0/s1. The van der Waals surface area contributed by atoms with Gasteiger partial charge in [0.25, 0.3) is 5.56 Å². The predicted octanol–water partition coefficient (Wildman–Crippen LogP) is 3.97. The molecule has 0 radical (unpaired) electrons. The monoisotopic (exact) mass is 461 g/mol. The molecule has 0 aliphatic carbocycles. The average molecular weight is 462 g/mol. The fourth-order valence-electron chi connectivity index (χ4n) is 3.99. The summed E-state index contributed by atoms with van der Waals surface area (Å²) in [6.45, 7) is 5.64. The zero-order valence-corrected chi connectivity index (χ0v) is 19.8. The number of nitrogens with zero attached hydrogens (tertiary/aromatic N) is 2. The Morgan fingerprint density at radius 2 is 1.79 bits per heavy atom. The molecule has 4 aromatic rings. The Balaban J connectivity index is 1.62. The summed E-state index contributed by atoms with van der Waals surface area (Å²) >= 11 is 1.28. The maximum atomic E-state index is 13.4. The Kier molecular flexibility index (Phi) is 6.60. The molecule has 0 saturated heterocycles. The highest BCUT2D eigenvalue weighted by Crippen LogP contribution is 2.19. The third kappa shape index (κ3) is 4.68. The summed E-state index contributed by atoms with van der Waals surface area (Å²) in [6.07, 6.45) is 1.65. The van der Waals surface area contributed by atoms with E-state index in [4.69, 9.17) is 0 Å². The lowest BCUT2D eigenvalue weighted by Gasteiger charge is -2.17. The van der Waals surface area contributed by atoms with Crippen molar-refractivity contribution in [1.29, 1.82) is 0 Å². The lowest BCUT2D eigenvalue weighted by atomic mass is 10.1. The highest BCUT2D eigenvalue weighted by atomic mass is 32.1. The lowest BCUT2D eigenvalue weighted by Crippen LogP contribution is -2.43. The highest BCUT2D eigenvalue weighted by Gasteiger charge is 2.19. The number of carbonyl (C=O) groups excluding carboxylic acids is 1. The number of carbonyl (C=O) groups is 1. The van der Waals surface area contributed by atoms with Crippen molar-refractivity contribution in [2.75, 3.05) is 0 Å². The van der Waals surface area contributed by atoms with Crippen LogP contribution in [0.15, 0.2) is 69.6 Å². The summed E-state index contributed by atoms with van der Waals surface area (Å²) < 4.78 is 3.04. The van der Waals surface area contributed by atoms with Gasteiger partial charge in [-0.2, -0.15) is 0 Å². The van der Waals surface area contributed by atoms with Gasteiger partial charge in [0, 0.05) is 6.04 Å². The first-order valence-corrected chi connectivity index (χ1v) is 11.9. The minimum atomic E-state index is -0.508. The summed E-state index contributed by atoms with van der Waals surface area (Å²) in [5.74, 6) is -0.253. The highest BCUT2D eigenvalue weighted by molar-refractivity contribution is 7.17. The van der Waals surface area contributed by atoms with Gasteiger partial charge in [0.05, 0.1) is 11.2 Å². The topological polar surface area (TPSA) is 73.1 Å². The summed E-state index contributed by atoms with van der Waals surface area (Å²) in [5, 5.41) is 4.77. The second-order valence-corrected chi connectivity index (χ2v) is 9.27. The molecule has 2 aromatic heterocycles. The van der Waals surface area contributed by atoms with Gasteiger partial charge in [0.15, 0.2) is 0 Å². The number of benzene rings is 2. The van der Waals surface area contributed by atoms with Crippen LogP contribution in [-0.4, -0.2) is 21.1 Å². The Hall–Kier alpha value is -3.45. The van der Waals surface area contributed by atoms with Gasteiger partial charge in [0.1, 0.15) is 11.2 Å². The molecule has 2 heterocycles. The van der Waals surface area contributed by atoms with Gasteiger partial charge < -0.3 is 5.32 Å². The zero-order chi connectivity index (χ0) is 23.5. The molecule has 6 nitrogen and oxygen atoms in total. The van der Waals surface area contributed by atoms with Crippen LogP contribution >= 0.6 is 11.3 Å². The molecule has 0 aliphatic rings. The molecule has 1 N–H and O–H groups in total. The van der Waals surface area contributed by atoms with Crippen molar-refractivity contribution in [2.45, 2.75) is 46.2 Å². The van der Waals surface area contributed by atoms with E-state index in [0.717, 1.165) is 24.0 Å². The van der Waals surface area contributed by atoms with Gasteiger partial charge in [-0.1, -0.05) is 42.5 Å². The van der Waals surface area contributed by atoms with Crippen LogP contribution in [0.2, 0.25) is 0 Å². The molecule has 0 saturated carbocycles. The Bertz CT molecular complexity index is 1420. The van der Waals surface area contributed by atoms with E-state index in [1.807, 2.05) is 51.1 Å². The van der Waals surface area contributed by atoms with Crippen molar-refractivity contribution in [3.8, 4) is 5.69 Å². The van der Waals surface area contributed by atoms with Crippen LogP contribution in [0.1, 0.15) is 30.0 Å². The largest absolute Gasteiger partial charge is 0.352 e. The number of aromatic nitrogens is 2. The second kappa shape index (κ2) is 9.58. The van der Waals surface area contributed by atoms with Crippen LogP contribution in [0, 0.1) is 13.8 Å². The number of nitrogens with one attached hydrogen (secondary N) is 1. The fraction of sp³-hybridized carbons (Fsp3) is 0.269. The smallest absolute Gasteiger partial charge is 0.336 e. The van der Waals surface area contributed by atoms with Crippen molar-refractivity contribution in [3.63, 3.8) is 0 Å². The van der Waals surface area contributed by atoms with Gasteiger partial charge in [-0.3, -0.25) is 14.2 Å². The molecule has 0 unspecified atom stereocenters. The van der Waals surface area contributed by atoms with Crippen LogP contribution in [0.4, 0.5) is 0 Å². The van der Waals surface area contributed by atoms with Gasteiger partial charge >= 0.3 is 5.69 Å². The van der Waals surface area contributed by atoms with E-state index in [2.05, 4.69) is 17.4 Å². The van der Waals surface area contributed by atoms with Crippen molar-refractivity contribution in [1.82, 2.24) is 14.5 Å². The van der Waals surface area contributed by atoms with Gasteiger partial charge in [0.2, 0.25) is 5.91 Å². The maximum Gasteiger partial charge on any atom is 0.336 e. The molecule has 1 atom stereocenters. The first-order valence-electron chi connectivity index (χ1n) is 11.0. The molecule has 0 aliphatic heterocycles. The zero-order valence-electron chi connectivity index (χ0n) is 19.0. The minimum absolute atomic E-state index is 0.0451. The number of thiophene rings is 1. The van der Waals surface area contributed by atoms with Crippen molar-refractivity contribution in [2.24, 2.45) is 0 Å². The molecule has 170 valence electrons. The number of hydrogen-bond donors (Lipinski definition) is 1. The lowest BCUT2D eigenvalue weighted by molar-refractivity contribution is -0.122. The molecule has 4 rings (SSSR count). The Labute approximate surface area is 196 Å². The quantitative estimate of drug-likeness (QED) is 0.453. The summed E-state index contributed by atoms with van der Waals surface area (Å²) in [4.78, 5) is 39.5. The van der Waals surface area contributed by atoms with Crippen LogP contribution in [0.3, 0.4) is 0 Å². The molecular weight excluding hydrogens is 434 g/mol. The molecule has 1 amide bonds. The molecule has 0 fully saturated rings. The van der Waals surface area contributed by atoms with E-state index in [9.17, 15) is 14.4 Å². The Morgan fingerprint density at radius 1 is 1.03 bits per heavy atom. The molecule has 7 heteroatoms. The van der Waals surface area contributed by atoms with E-state index in [1.54, 1.807) is 17.5 Å². The SMILES string of the molecule is Cc1cccc(-n2c(=O)c3sccc3n(CC(=O)N[C@@H](C)CCc3ccccc3)c2=O)c1C. The van der Waals surface area contributed by atoms with Crippen LogP contribution in [0.25, 0.3) is 15.9 Å². The first kappa shape index (κ1) is 22.7. The number of aryl methyl sites for hydroxylation is 2. The number of amides is 1. The minimum Gasteiger partial charge on any atom is -0.352 e. The van der Waals surface area contributed by atoms with E-state index >= 15 is 0 Å². The summed E-state index contributed by atoms with van der Waals surface area (Å²) in [7, 11) is 0. The number of hydrogen-bond acceptors (Lipinski definition) is 4. The molecular formula is C26H27N3O3S. The molecule has 33 heavy (non-hydrogen) atoms. The second-order valence-electron chi connectivity index (χ2n) is 8.36. The van der Waals surface area contributed by atoms with Crippen molar-refractivity contribution < 1.29 is 4.79 Å².